The molecule has 0 spiro atoms. The molecule has 1 saturated carbocycles. The van der Waals surface area contributed by atoms with Crippen LogP contribution in [-0.2, 0) is 0 Å². The van der Waals surface area contributed by atoms with Crippen LogP contribution in [0.2, 0.25) is 0 Å². The molecule has 13 heavy (non-hydrogen) atoms. The van der Waals surface area contributed by atoms with Gasteiger partial charge in [0.2, 0.25) is 0 Å². The molecule has 0 amide bonds. The quantitative estimate of drug-likeness (QED) is 0.551. The molecule has 0 bridgehead atoms. The molecule has 0 nitrogen and oxygen atoms in total. The molecule has 82 valence electrons. The van der Waals surface area contributed by atoms with Crippen molar-refractivity contribution < 1.29 is 0 Å². The Bertz CT molecular complexity index is 70.1. The smallest absolute Gasteiger partial charge is 0.0443 e. The van der Waals surface area contributed by atoms with Gasteiger partial charge < -0.3 is 0 Å². The molecule has 0 heterocycles. The van der Waals surface area contributed by atoms with Crippen molar-refractivity contribution in [2.45, 2.75) is 73.6 Å². The summed E-state index contributed by atoms with van der Waals surface area (Å²) in [5.41, 5.74) is 0. The normalized spacial score (nSPS) is 15.0. The predicted octanol–water partition coefficient (Wildman–Crippen LogP) is 5.28. The van der Waals surface area contributed by atoms with E-state index < -0.39 is 0 Å². The topological polar surface area (TPSA) is 0 Å². The first-order valence-corrected chi connectivity index (χ1v) is 6.16. The highest BCUT2D eigenvalue weighted by atomic mass is 14.1. The number of hydrogen-bond acceptors (Lipinski definition) is 0. The first kappa shape index (κ1) is 15.5. The molecule has 0 saturated heterocycles. The highest BCUT2D eigenvalue weighted by Gasteiger charge is 2.09. The van der Waals surface area contributed by atoms with Crippen LogP contribution >= 0.6 is 0 Å². The second-order valence-electron chi connectivity index (χ2n) is 4.22. The zero-order valence-corrected chi connectivity index (χ0v) is 10.7. The van der Waals surface area contributed by atoms with Crippen LogP contribution in [0.3, 0.4) is 0 Å². The van der Waals surface area contributed by atoms with Gasteiger partial charge in [-0.15, -0.1) is 0 Å². The summed E-state index contributed by atoms with van der Waals surface area (Å²) in [5, 5.41) is 0. The second kappa shape index (κ2) is 12.0. The lowest BCUT2D eigenvalue weighted by atomic mass is 9.88. The molecular weight excluding hydrogens is 156 g/mol. The van der Waals surface area contributed by atoms with E-state index in [4.69, 9.17) is 0 Å². The molecule has 0 aromatic rings. The summed E-state index contributed by atoms with van der Waals surface area (Å²) >= 11 is 0. The van der Waals surface area contributed by atoms with Crippen molar-refractivity contribution in [2.24, 2.45) is 11.8 Å². The van der Waals surface area contributed by atoms with Crippen LogP contribution in [0.4, 0.5) is 0 Å². The van der Waals surface area contributed by atoms with Gasteiger partial charge in [0.25, 0.3) is 0 Å². The Morgan fingerprint density at radius 3 is 1.54 bits per heavy atom. The van der Waals surface area contributed by atoms with Gasteiger partial charge in [-0.1, -0.05) is 73.6 Å². The Hall–Kier alpha value is 0. The largest absolute Gasteiger partial charge is 0.0683 e. The van der Waals surface area contributed by atoms with Crippen LogP contribution in [0.15, 0.2) is 0 Å². The van der Waals surface area contributed by atoms with Gasteiger partial charge in [-0.25, -0.2) is 0 Å². The van der Waals surface area contributed by atoms with Crippen LogP contribution in [0.5, 0.6) is 0 Å². The molecular formula is C13H30. The minimum atomic E-state index is 0.898. The van der Waals surface area contributed by atoms with Crippen LogP contribution in [-0.4, -0.2) is 0 Å². The maximum absolute atomic E-state index is 2.31. The fourth-order valence-electron chi connectivity index (χ4n) is 1.19. The van der Waals surface area contributed by atoms with Gasteiger partial charge in [0.05, 0.1) is 0 Å². The van der Waals surface area contributed by atoms with Crippen LogP contribution in [0, 0.1) is 11.8 Å². The Morgan fingerprint density at radius 1 is 1.15 bits per heavy atom. The van der Waals surface area contributed by atoms with Gasteiger partial charge in [-0.2, -0.15) is 0 Å². The Morgan fingerprint density at radius 2 is 1.54 bits per heavy atom. The molecule has 0 heteroatoms. The van der Waals surface area contributed by atoms with Crippen molar-refractivity contribution in [1.29, 1.82) is 0 Å². The summed E-state index contributed by atoms with van der Waals surface area (Å²) in [4.78, 5) is 0. The molecule has 0 N–H and O–H groups in total. The second-order valence-corrected chi connectivity index (χ2v) is 4.22. The molecule has 1 aliphatic rings. The molecule has 0 aliphatic heterocycles. The Labute approximate surface area is 86.1 Å². The van der Waals surface area contributed by atoms with Crippen molar-refractivity contribution in [3.63, 3.8) is 0 Å². The van der Waals surface area contributed by atoms with E-state index in [1.165, 1.54) is 32.1 Å². The van der Waals surface area contributed by atoms with E-state index in [9.17, 15) is 0 Å². The third-order valence-corrected chi connectivity index (χ3v) is 2.26. The van der Waals surface area contributed by atoms with E-state index in [0.29, 0.717) is 0 Å². The van der Waals surface area contributed by atoms with E-state index in [2.05, 4.69) is 27.7 Å². The van der Waals surface area contributed by atoms with E-state index in [1.807, 2.05) is 13.8 Å². The van der Waals surface area contributed by atoms with Crippen LogP contribution in [0.25, 0.3) is 0 Å². The minimum absolute atomic E-state index is 0.898. The third-order valence-electron chi connectivity index (χ3n) is 2.26. The highest BCUT2D eigenvalue weighted by molar-refractivity contribution is 4.62. The Kier molecular flexibility index (Phi) is 14.3. The van der Waals surface area contributed by atoms with Gasteiger partial charge in [0, 0.05) is 0 Å². The standard InChI is InChI=1S/C6H14.C5H10.C2H6/c1-4-5-6(2)3;1-5-3-2-4-5;1-2/h6H,4-5H2,1-3H3;5H,2-4H2,1H3;1-2H3. The lowest BCUT2D eigenvalue weighted by Crippen LogP contribution is -2.04. The molecule has 0 radical (unpaired) electrons. The summed E-state index contributed by atoms with van der Waals surface area (Å²) in [6.07, 6.45) is 7.17. The maximum atomic E-state index is 2.31. The molecule has 0 aromatic carbocycles. The molecule has 0 aromatic heterocycles. The summed E-state index contributed by atoms with van der Waals surface area (Å²) in [5.74, 6) is 1.96. The average Bonchev–Trinajstić information content (AvgIpc) is 2.05. The molecule has 0 unspecified atom stereocenters. The van der Waals surface area contributed by atoms with Gasteiger partial charge in [0.1, 0.15) is 0 Å². The molecule has 1 aliphatic carbocycles. The lowest BCUT2D eigenvalue weighted by Gasteiger charge is -2.18. The SMILES string of the molecule is CC.CC1CCC1.CCCC(C)C. The highest BCUT2D eigenvalue weighted by Crippen LogP contribution is 2.24. The van der Waals surface area contributed by atoms with Crippen molar-refractivity contribution in [3.8, 4) is 0 Å². The predicted molar refractivity (Wildman–Crippen MR) is 64.1 cm³/mol. The van der Waals surface area contributed by atoms with E-state index in [1.54, 1.807) is 0 Å². The van der Waals surface area contributed by atoms with Gasteiger partial charge in [0.15, 0.2) is 0 Å². The summed E-state index contributed by atoms with van der Waals surface area (Å²) < 4.78 is 0. The van der Waals surface area contributed by atoms with E-state index >= 15 is 0 Å². The maximum Gasteiger partial charge on any atom is -0.0443 e. The third kappa shape index (κ3) is 14.8. The van der Waals surface area contributed by atoms with Crippen molar-refractivity contribution >= 4 is 0 Å². The molecule has 0 atom stereocenters. The number of rotatable bonds is 2. The summed E-state index contributed by atoms with van der Waals surface area (Å²) in [6, 6.07) is 0. The zero-order valence-electron chi connectivity index (χ0n) is 10.7. The Balaban J connectivity index is 0. The number of hydrogen-bond donors (Lipinski definition) is 0. The minimum Gasteiger partial charge on any atom is -0.0683 e. The fraction of sp³-hybridized carbons (Fsp3) is 1.00. The van der Waals surface area contributed by atoms with Gasteiger partial charge in [-0.3, -0.25) is 0 Å². The molecule has 1 fully saturated rings. The average molecular weight is 186 g/mol. The van der Waals surface area contributed by atoms with Crippen molar-refractivity contribution in [2.75, 3.05) is 0 Å². The van der Waals surface area contributed by atoms with Crippen LogP contribution < -0.4 is 0 Å². The fourth-order valence-corrected chi connectivity index (χ4v) is 1.19. The van der Waals surface area contributed by atoms with Crippen LogP contribution in [0.1, 0.15) is 73.6 Å². The van der Waals surface area contributed by atoms with Gasteiger partial charge in [-0.05, 0) is 11.8 Å². The van der Waals surface area contributed by atoms with E-state index in [-0.39, 0.29) is 0 Å². The van der Waals surface area contributed by atoms with Crippen molar-refractivity contribution in [3.05, 3.63) is 0 Å². The summed E-state index contributed by atoms with van der Waals surface area (Å²) in [7, 11) is 0. The van der Waals surface area contributed by atoms with Gasteiger partial charge >= 0.3 is 0 Å². The zero-order chi connectivity index (χ0) is 10.7. The van der Waals surface area contributed by atoms with Crippen molar-refractivity contribution in [1.82, 2.24) is 0 Å². The lowest BCUT2D eigenvalue weighted by molar-refractivity contribution is 0.346. The summed E-state index contributed by atoms with van der Waals surface area (Å²) in [6.45, 7) is 13.0. The molecule has 1 rings (SSSR count). The monoisotopic (exact) mass is 186 g/mol. The van der Waals surface area contributed by atoms with E-state index in [0.717, 1.165) is 11.8 Å². The first-order valence-electron chi connectivity index (χ1n) is 6.16. The first-order chi connectivity index (χ1) is 6.16.